The Morgan fingerprint density at radius 2 is 1.67 bits per heavy atom. The number of hydrogen-bond donors (Lipinski definition) is 2. The molecule has 0 radical (unpaired) electrons. The van der Waals surface area contributed by atoms with Gasteiger partial charge in [-0.15, -0.1) is 0 Å². The Balaban J connectivity index is 1.60. The molecule has 1 aromatic carbocycles. The highest BCUT2D eigenvalue weighted by molar-refractivity contribution is 7.90. The molecule has 0 spiro atoms. The molecule has 2 aliphatic rings. The lowest BCUT2D eigenvalue weighted by atomic mass is 10.0. The predicted molar refractivity (Wildman–Crippen MR) is 79.3 cm³/mol. The largest absolute Gasteiger partial charge is 0.334 e. The van der Waals surface area contributed by atoms with Crippen molar-refractivity contribution in [2.24, 2.45) is 11.8 Å². The van der Waals surface area contributed by atoms with Crippen LogP contribution in [-0.2, 0) is 10.0 Å². The highest BCUT2D eigenvalue weighted by Crippen LogP contribution is 2.49. The molecule has 0 aliphatic heterocycles. The van der Waals surface area contributed by atoms with Crippen LogP contribution >= 0.6 is 0 Å². The van der Waals surface area contributed by atoms with Crippen LogP contribution in [0.4, 0.5) is 4.79 Å². The molecule has 0 bridgehead atoms. The lowest BCUT2D eigenvalue weighted by molar-refractivity contribution is 0.244. The first-order valence-electron chi connectivity index (χ1n) is 7.37. The lowest BCUT2D eigenvalue weighted by Gasteiger charge is -2.08. The van der Waals surface area contributed by atoms with Crippen molar-refractivity contribution in [3.8, 4) is 0 Å². The molecular weight excluding hydrogens is 288 g/mol. The SMILES string of the molecule is Cc1ccc(S(=O)(=O)NC(=O)NC2[C@H]3CCCC[C@H]23)cc1. The maximum atomic E-state index is 12.1. The van der Waals surface area contributed by atoms with Gasteiger partial charge in [-0.3, -0.25) is 0 Å². The smallest absolute Gasteiger partial charge is 0.328 e. The van der Waals surface area contributed by atoms with Gasteiger partial charge in [0.2, 0.25) is 0 Å². The van der Waals surface area contributed by atoms with Gasteiger partial charge in [0.25, 0.3) is 10.0 Å². The van der Waals surface area contributed by atoms with Crippen molar-refractivity contribution in [1.29, 1.82) is 0 Å². The summed E-state index contributed by atoms with van der Waals surface area (Å²) in [6, 6.07) is 5.96. The van der Waals surface area contributed by atoms with E-state index in [1.54, 1.807) is 12.1 Å². The average molecular weight is 308 g/mol. The Labute approximate surface area is 125 Å². The molecule has 21 heavy (non-hydrogen) atoms. The normalized spacial score (nSPS) is 27.6. The third-order valence-corrected chi connectivity index (χ3v) is 5.86. The van der Waals surface area contributed by atoms with E-state index < -0.39 is 16.1 Å². The Kier molecular flexibility index (Phi) is 3.65. The summed E-state index contributed by atoms with van der Waals surface area (Å²) >= 11 is 0. The van der Waals surface area contributed by atoms with E-state index in [-0.39, 0.29) is 10.9 Å². The third kappa shape index (κ3) is 3.05. The Morgan fingerprint density at radius 3 is 2.24 bits per heavy atom. The molecule has 2 amide bonds. The van der Waals surface area contributed by atoms with Crippen LogP contribution in [0.2, 0.25) is 0 Å². The molecule has 1 aromatic rings. The second kappa shape index (κ2) is 5.33. The van der Waals surface area contributed by atoms with Gasteiger partial charge in [0, 0.05) is 6.04 Å². The van der Waals surface area contributed by atoms with E-state index in [0.717, 1.165) is 18.4 Å². The van der Waals surface area contributed by atoms with Gasteiger partial charge in [-0.2, -0.15) is 0 Å². The number of nitrogens with one attached hydrogen (secondary N) is 2. The highest BCUT2D eigenvalue weighted by Gasteiger charge is 2.51. The second-order valence-corrected chi connectivity index (χ2v) is 7.71. The summed E-state index contributed by atoms with van der Waals surface area (Å²) < 4.78 is 26.3. The summed E-state index contributed by atoms with van der Waals surface area (Å²) in [6.07, 6.45) is 4.70. The summed E-state index contributed by atoms with van der Waals surface area (Å²) in [5.74, 6) is 1.10. The van der Waals surface area contributed by atoms with Gasteiger partial charge >= 0.3 is 6.03 Å². The van der Waals surface area contributed by atoms with Gasteiger partial charge in [0.05, 0.1) is 4.90 Å². The molecule has 2 aliphatic carbocycles. The van der Waals surface area contributed by atoms with Gasteiger partial charge in [0.15, 0.2) is 0 Å². The van der Waals surface area contributed by atoms with Crippen LogP contribution in [0.5, 0.6) is 0 Å². The van der Waals surface area contributed by atoms with Crippen molar-refractivity contribution in [3.63, 3.8) is 0 Å². The molecule has 0 saturated heterocycles. The first kappa shape index (κ1) is 14.4. The van der Waals surface area contributed by atoms with E-state index in [4.69, 9.17) is 0 Å². The van der Waals surface area contributed by atoms with Crippen LogP contribution in [0.15, 0.2) is 29.2 Å². The van der Waals surface area contributed by atoms with E-state index >= 15 is 0 Å². The maximum Gasteiger partial charge on any atom is 0.328 e. The zero-order valence-electron chi connectivity index (χ0n) is 12.0. The third-order valence-electron chi connectivity index (χ3n) is 4.51. The van der Waals surface area contributed by atoms with Gasteiger partial charge in [-0.1, -0.05) is 30.5 Å². The van der Waals surface area contributed by atoms with E-state index in [9.17, 15) is 13.2 Å². The zero-order chi connectivity index (χ0) is 15.0. The Morgan fingerprint density at radius 1 is 1.10 bits per heavy atom. The van der Waals surface area contributed by atoms with E-state index in [2.05, 4.69) is 10.0 Å². The molecule has 2 fully saturated rings. The maximum absolute atomic E-state index is 12.1. The highest BCUT2D eigenvalue weighted by atomic mass is 32.2. The van der Waals surface area contributed by atoms with Crippen molar-refractivity contribution in [2.45, 2.75) is 43.5 Å². The number of carbonyl (C=O) groups is 1. The first-order valence-corrected chi connectivity index (χ1v) is 8.86. The predicted octanol–water partition coefficient (Wildman–Crippen LogP) is 2.17. The molecule has 2 N–H and O–H groups in total. The minimum Gasteiger partial charge on any atom is -0.334 e. The van der Waals surface area contributed by atoms with Crippen LogP contribution in [0, 0.1) is 18.8 Å². The molecule has 5 nitrogen and oxygen atoms in total. The second-order valence-electron chi connectivity index (χ2n) is 6.03. The molecule has 0 heterocycles. The van der Waals surface area contributed by atoms with Crippen LogP contribution < -0.4 is 10.0 Å². The summed E-state index contributed by atoms with van der Waals surface area (Å²) in [6.45, 7) is 1.88. The number of benzene rings is 1. The van der Waals surface area contributed by atoms with Crippen LogP contribution in [-0.4, -0.2) is 20.5 Å². The molecule has 0 aromatic heterocycles. The van der Waals surface area contributed by atoms with Crippen molar-refractivity contribution in [3.05, 3.63) is 29.8 Å². The minimum atomic E-state index is -3.79. The molecule has 114 valence electrons. The fourth-order valence-corrected chi connectivity index (χ4v) is 4.20. The number of urea groups is 1. The summed E-state index contributed by atoms with van der Waals surface area (Å²) in [7, 11) is -3.79. The fourth-order valence-electron chi connectivity index (χ4n) is 3.29. The molecular formula is C15H20N2O3S. The zero-order valence-corrected chi connectivity index (χ0v) is 12.8. The molecule has 2 saturated carbocycles. The quantitative estimate of drug-likeness (QED) is 0.898. The van der Waals surface area contributed by atoms with Crippen molar-refractivity contribution < 1.29 is 13.2 Å². The van der Waals surface area contributed by atoms with Crippen LogP contribution in [0.25, 0.3) is 0 Å². The number of fused-ring (bicyclic) bond motifs is 1. The summed E-state index contributed by atoms with van der Waals surface area (Å²) in [5, 5.41) is 2.80. The van der Waals surface area contributed by atoms with Gasteiger partial charge in [-0.05, 0) is 43.7 Å². The van der Waals surface area contributed by atoms with Crippen molar-refractivity contribution >= 4 is 16.1 Å². The van der Waals surface area contributed by atoms with Crippen molar-refractivity contribution in [1.82, 2.24) is 10.0 Å². The minimum absolute atomic E-state index is 0.108. The summed E-state index contributed by atoms with van der Waals surface area (Å²) in [5.41, 5.74) is 0.973. The van der Waals surface area contributed by atoms with Gasteiger partial charge in [-0.25, -0.2) is 17.9 Å². The molecule has 6 heteroatoms. The number of aryl methyl sites for hydroxylation is 1. The standard InChI is InChI=1S/C15H20N2O3S/c1-10-6-8-11(9-7-10)21(19,20)17-15(18)16-14-12-4-2-3-5-13(12)14/h6-9,12-14H,2-5H2,1H3,(H2,16,17,18)/t12-,13-/m0/s1. The topological polar surface area (TPSA) is 75.3 Å². The molecule has 2 atom stereocenters. The summed E-state index contributed by atoms with van der Waals surface area (Å²) in [4.78, 5) is 12.0. The molecule has 3 rings (SSSR count). The van der Waals surface area contributed by atoms with E-state index in [0.29, 0.717) is 11.8 Å². The molecule has 0 unspecified atom stereocenters. The Hall–Kier alpha value is -1.56. The number of hydrogen-bond acceptors (Lipinski definition) is 3. The Bertz CT molecular complexity index is 627. The number of amides is 2. The van der Waals surface area contributed by atoms with Crippen LogP contribution in [0.1, 0.15) is 31.2 Å². The lowest BCUT2D eigenvalue weighted by Crippen LogP contribution is -2.41. The van der Waals surface area contributed by atoms with Crippen molar-refractivity contribution in [2.75, 3.05) is 0 Å². The average Bonchev–Trinajstić information content (AvgIpc) is 3.12. The first-order chi connectivity index (χ1) is 9.97. The fraction of sp³-hybridized carbons (Fsp3) is 0.533. The van der Waals surface area contributed by atoms with E-state index in [1.807, 2.05) is 6.92 Å². The number of rotatable bonds is 3. The monoisotopic (exact) mass is 308 g/mol. The van der Waals surface area contributed by atoms with E-state index in [1.165, 1.54) is 25.0 Å². The van der Waals surface area contributed by atoms with Gasteiger partial charge < -0.3 is 5.32 Å². The number of sulfonamides is 1. The van der Waals surface area contributed by atoms with Gasteiger partial charge in [0.1, 0.15) is 0 Å². The number of carbonyl (C=O) groups excluding carboxylic acids is 1. The van der Waals surface area contributed by atoms with Crippen LogP contribution in [0.3, 0.4) is 0 Å².